The predicted octanol–water partition coefficient (Wildman–Crippen LogP) is 2.28. The molecule has 2 rings (SSSR count). The van der Waals surface area contributed by atoms with Gasteiger partial charge in [-0.25, -0.2) is 0 Å². The monoisotopic (exact) mass is 208 g/mol. The van der Waals surface area contributed by atoms with Crippen molar-refractivity contribution in [3.63, 3.8) is 0 Å². The fraction of sp³-hybridized carbons (Fsp3) is 0.875. The minimum Gasteiger partial charge on any atom is -0.462 e. The Balaban J connectivity index is 1.96. The van der Waals surface area contributed by atoms with Crippen LogP contribution in [-0.2, 0) is 9.53 Å². The van der Waals surface area contributed by atoms with Gasteiger partial charge >= 0.3 is 5.97 Å². The number of ether oxygens (including phenoxy) is 1. The average molecular weight is 209 g/mol. The van der Waals surface area contributed by atoms with Crippen LogP contribution in [0.1, 0.15) is 26.2 Å². The van der Waals surface area contributed by atoms with Gasteiger partial charge in [-0.1, -0.05) is 0 Å². The Hall–Kier alpha value is 0.0500. The SMILES string of the molecule is CC1(C(=O)OC2CC2)CC1(Cl)Cl. The van der Waals surface area contributed by atoms with E-state index in [2.05, 4.69) is 0 Å². The highest BCUT2D eigenvalue weighted by molar-refractivity contribution is 6.53. The fourth-order valence-electron chi connectivity index (χ4n) is 1.09. The van der Waals surface area contributed by atoms with Crippen LogP contribution in [0.5, 0.6) is 0 Å². The molecule has 1 atom stereocenters. The zero-order valence-corrected chi connectivity index (χ0v) is 8.28. The molecule has 2 saturated carbocycles. The summed E-state index contributed by atoms with van der Waals surface area (Å²) in [6.07, 6.45) is 2.62. The topological polar surface area (TPSA) is 26.3 Å². The van der Waals surface area contributed by atoms with Gasteiger partial charge in [0.2, 0.25) is 0 Å². The van der Waals surface area contributed by atoms with Gasteiger partial charge in [0.25, 0.3) is 0 Å². The molecule has 12 heavy (non-hydrogen) atoms. The molecular weight excluding hydrogens is 199 g/mol. The minimum absolute atomic E-state index is 0.138. The maximum absolute atomic E-state index is 11.4. The highest BCUT2D eigenvalue weighted by Gasteiger charge is 2.69. The zero-order valence-electron chi connectivity index (χ0n) is 6.77. The molecule has 2 nitrogen and oxygen atoms in total. The second-order valence-corrected chi connectivity index (χ2v) is 5.30. The van der Waals surface area contributed by atoms with Crippen LogP contribution >= 0.6 is 23.2 Å². The summed E-state index contributed by atoms with van der Waals surface area (Å²) in [6, 6.07) is 0. The third-order valence-corrected chi connectivity index (χ3v) is 3.61. The van der Waals surface area contributed by atoms with Crippen molar-refractivity contribution in [1.29, 1.82) is 0 Å². The highest BCUT2D eigenvalue weighted by Crippen LogP contribution is 2.64. The summed E-state index contributed by atoms with van der Waals surface area (Å²) >= 11 is 11.6. The van der Waals surface area contributed by atoms with E-state index < -0.39 is 9.75 Å². The second-order valence-electron chi connectivity index (χ2n) is 3.82. The van der Waals surface area contributed by atoms with Gasteiger partial charge in [-0.15, -0.1) is 23.2 Å². The van der Waals surface area contributed by atoms with Crippen LogP contribution in [-0.4, -0.2) is 16.4 Å². The molecule has 2 fully saturated rings. The molecule has 0 radical (unpaired) electrons. The number of carbonyl (C=O) groups excluding carboxylic acids is 1. The van der Waals surface area contributed by atoms with Crippen molar-refractivity contribution in [2.45, 2.75) is 36.6 Å². The Kier molecular flexibility index (Phi) is 1.65. The Morgan fingerprint density at radius 2 is 2.00 bits per heavy atom. The van der Waals surface area contributed by atoms with E-state index in [1.807, 2.05) is 0 Å². The normalized spacial score (nSPS) is 37.6. The third kappa shape index (κ3) is 1.21. The molecule has 0 heterocycles. The van der Waals surface area contributed by atoms with E-state index in [-0.39, 0.29) is 12.1 Å². The van der Waals surface area contributed by atoms with Crippen molar-refractivity contribution in [3.05, 3.63) is 0 Å². The molecule has 4 heteroatoms. The summed E-state index contributed by atoms with van der Waals surface area (Å²) in [4.78, 5) is 11.4. The minimum atomic E-state index is -0.890. The quantitative estimate of drug-likeness (QED) is 0.515. The molecule has 0 saturated heterocycles. The number of hydrogen-bond acceptors (Lipinski definition) is 2. The molecule has 0 N–H and O–H groups in total. The Morgan fingerprint density at radius 3 is 2.33 bits per heavy atom. The molecule has 0 amide bonds. The van der Waals surface area contributed by atoms with E-state index in [0.717, 1.165) is 12.8 Å². The van der Waals surface area contributed by atoms with Crippen LogP contribution in [0.25, 0.3) is 0 Å². The van der Waals surface area contributed by atoms with Gasteiger partial charge in [0.05, 0.1) is 0 Å². The predicted molar refractivity (Wildman–Crippen MR) is 46.3 cm³/mol. The first kappa shape index (κ1) is 8.64. The third-order valence-electron chi connectivity index (χ3n) is 2.51. The van der Waals surface area contributed by atoms with Crippen molar-refractivity contribution in [1.82, 2.24) is 0 Å². The first-order valence-electron chi connectivity index (χ1n) is 4.05. The number of halogens is 2. The fourth-order valence-corrected chi connectivity index (χ4v) is 1.78. The Morgan fingerprint density at radius 1 is 1.50 bits per heavy atom. The van der Waals surface area contributed by atoms with Crippen LogP contribution in [0.4, 0.5) is 0 Å². The molecular formula is C8H10Cl2O2. The lowest BCUT2D eigenvalue weighted by Crippen LogP contribution is -2.21. The molecule has 0 spiro atoms. The van der Waals surface area contributed by atoms with Gasteiger partial charge in [-0.3, -0.25) is 4.79 Å². The van der Waals surface area contributed by atoms with E-state index in [0.29, 0.717) is 6.42 Å². The summed E-state index contributed by atoms with van der Waals surface area (Å²) in [5.74, 6) is -0.241. The molecule has 0 bridgehead atoms. The van der Waals surface area contributed by atoms with Crippen LogP contribution in [0.2, 0.25) is 0 Å². The van der Waals surface area contributed by atoms with E-state index in [9.17, 15) is 4.79 Å². The van der Waals surface area contributed by atoms with Crippen LogP contribution < -0.4 is 0 Å². The average Bonchev–Trinajstić information content (AvgIpc) is 2.76. The van der Waals surface area contributed by atoms with Crippen LogP contribution in [0.15, 0.2) is 0 Å². The van der Waals surface area contributed by atoms with Crippen LogP contribution in [0, 0.1) is 5.41 Å². The van der Waals surface area contributed by atoms with E-state index >= 15 is 0 Å². The maximum Gasteiger partial charge on any atom is 0.315 e. The molecule has 2 aliphatic carbocycles. The summed E-state index contributed by atoms with van der Waals surface area (Å²) in [5, 5.41) is 0. The summed E-state index contributed by atoms with van der Waals surface area (Å²) in [7, 11) is 0. The smallest absolute Gasteiger partial charge is 0.315 e. The number of esters is 1. The highest BCUT2D eigenvalue weighted by atomic mass is 35.5. The van der Waals surface area contributed by atoms with Gasteiger partial charge in [0.1, 0.15) is 15.9 Å². The number of rotatable bonds is 2. The van der Waals surface area contributed by atoms with Crippen molar-refractivity contribution in [2.24, 2.45) is 5.41 Å². The first-order chi connectivity index (χ1) is 5.46. The summed E-state index contributed by atoms with van der Waals surface area (Å²) in [6.45, 7) is 1.75. The lowest BCUT2D eigenvalue weighted by molar-refractivity contribution is -0.150. The molecule has 1 unspecified atom stereocenters. The Labute approximate surface area is 81.2 Å². The standard InChI is InChI=1S/C8H10Cl2O2/c1-7(4-8(7,9)10)6(11)12-5-2-3-5/h5H,2-4H2,1H3. The van der Waals surface area contributed by atoms with Crippen LogP contribution in [0.3, 0.4) is 0 Å². The molecule has 0 aromatic carbocycles. The molecule has 0 aromatic heterocycles. The van der Waals surface area contributed by atoms with Gasteiger partial charge < -0.3 is 4.74 Å². The summed E-state index contributed by atoms with van der Waals surface area (Å²) < 4.78 is 4.23. The van der Waals surface area contributed by atoms with Crippen molar-refractivity contribution >= 4 is 29.2 Å². The summed E-state index contributed by atoms with van der Waals surface area (Å²) in [5.41, 5.74) is -0.654. The van der Waals surface area contributed by atoms with Crippen molar-refractivity contribution in [2.75, 3.05) is 0 Å². The van der Waals surface area contributed by atoms with Crippen molar-refractivity contribution in [3.8, 4) is 0 Å². The van der Waals surface area contributed by atoms with E-state index in [4.69, 9.17) is 27.9 Å². The van der Waals surface area contributed by atoms with Gasteiger partial charge in [-0.2, -0.15) is 0 Å². The maximum atomic E-state index is 11.4. The number of alkyl halides is 2. The van der Waals surface area contributed by atoms with E-state index in [1.165, 1.54) is 0 Å². The molecule has 0 aromatic rings. The van der Waals surface area contributed by atoms with Gasteiger partial charge in [0, 0.05) is 6.42 Å². The lowest BCUT2D eigenvalue weighted by Gasteiger charge is -2.10. The van der Waals surface area contributed by atoms with Crippen molar-refractivity contribution < 1.29 is 9.53 Å². The zero-order chi connectivity index (χ0) is 8.98. The first-order valence-corrected chi connectivity index (χ1v) is 4.80. The number of carbonyl (C=O) groups is 1. The molecule has 68 valence electrons. The van der Waals surface area contributed by atoms with Gasteiger partial charge in [-0.05, 0) is 19.8 Å². The largest absolute Gasteiger partial charge is 0.462 e. The van der Waals surface area contributed by atoms with Gasteiger partial charge in [0.15, 0.2) is 0 Å². The second kappa shape index (κ2) is 2.30. The molecule has 2 aliphatic rings. The molecule has 0 aliphatic heterocycles. The van der Waals surface area contributed by atoms with E-state index in [1.54, 1.807) is 6.92 Å². The number of hydrogen-bond donors (Lipinski definition) is 0. The Bertz CT molecular complexity index is 235. The lowest BCUT2D eigenvalue weighted by atomic mass is 10.1.